The minimum atomic E-state index is -4.77. The Bertz CT molecular complexity index is 830. The number of halogens is 5. The highest BCUT2D eigenvalue weighted by Crippen LogP contribution is 2.37. The van der Waals surface area contributed by atoms with Gasteiger partial charge in [0, 0.05) is 23.5 Å². The number of carbonyl (C=O) groups excluding carboxylic acids is 3. The zero-order chi connectivity index (χ0) is 25.8. The van der Waals surface area contributed by atoms with E-state index in [9.17, 15) is 31.9 Å². The predicted molar refractivity (Wildman–Crippen MR) is 121 cm³/mol. The van der Waals surface area contributed by atoms with Crippen LogP contribution in [0.3, 0.4) is 0 Å². The van der Waals surface area contributed by atoms with E-state index in [0.717, 1.165) is 30.8 Å². The topological polar surface area (TPSA) is 80.5 Å². The van der Waals surface area contributed by atoms with Gasteiger partial charge in [-0.3, -0.25) is 14.4 Å². The molecule has 0 saturated heterocycles. The first-order chi connectivity index (χ1) is 14.8. The maximum Gasteiger partial charge on any atom is 0.412 e. The summed E-state index contributed by atoms with van der Waals surface area (Å²) in [6.07, 6.45) is -4.11. The average molecular weight is 501 g/mol. The average Bonchev–Trinajstić information content (AvgIpc) is 2.70. The summed E-state index contributed by atoms with van der Waals surface area (Å²) in [5.41, 5.74) is 2.71. The SMILES string of the molecule is CC.CCC(Sc1cc(N(C(C)=O)C(=O)/C=C(\C)C(F)(F)F)c(F)cc1Cl)C(C)=O.CN. The van der Waals surface area contributed by atoms with Gasteiger partial charge >= 0.3 is 6.18 Å². The minimum absolute atomic E-state index is 0.0519. The molecular weight excluding hydrogens is 472 g/mol. The van der Waals surface area contributed by atoms with Crippen molar-refractivity contribution >= 4 is 46.6 Å². The van der Waals surface area contributed by atoms with Crippen LogP contribution in [0.1, 0.15) is 48.0 Å². The molecule has 0 heterocycles. The molecule has 0 aliphatic carbocycles. The van der Waals surface area contributed by atoms with Crippen LogP contribution in [0, 0.1) is 5.82 Å². The Kier molecular flexibility index (Phi) is 15.1. The molecule has 2 N–H and O–H groups in total. The first-order valence-corrected chi connectivity index (χ1v) is 10.9. The number of carbonyl (C=O) groups is 3. The molecule has 1 unspecified atom stereocenters. The first kappa shape index (κ1) is 32.3. The number of alkyl halides is 3. The van der Waals surface area contributed by atoms with Crippen LogP contribution < -0.4 is 10.6 Å². The van der Waals surface area contributed by atoms with Crippen LogP contribution in [0.5, 0.6) is 0 Å². The molecule has 2 amide bonds. The summed E-state index contributed by atoms with van der Waals surface area (Å²) < 4.78 is 52.4. The van der Waals surface area contributed by atoms with Crippen molar-refractivity contribution in [3.05, 3.63) is 34.6 Å². The van der Waals surface area contributed by atoms with Gasteiger partial charge < -0.3 is 5.73 Å². The molecule has 0 spiro atoms. The van der Waals surface area contributed by atoms with Crippen LogP contribution in [0.15, 0.2) is 28.7 Å². The highest BCUT2D eigenvalue weighted by Gasteiger charge is 2.32. The van der Waals surface area contributed by atoms with Crippen molar-refractivity contribution in [2.24, 2.45) is 5.73 Å². The molecule has 1 rings (SSSR count). The molecule has 5 nitrogen and oxygen atoms in total. The highest BCUT2D eigenvalue weighted by atomic mass is 35.5. The fraction of sp³-hybridized carbons (Fsp3) is 0.476. The van der Waals surface area contributed by atoms with Gasteiger partial charge in [-0.2, -0.15) is 13.2 Å². The van der Waals surface area contributed by atoms with Gasteiger partial charge in [-0.05, 0) is 39.4 Å². The number of rotatable bonds is 6. The number of allylic oxidation sites excluding steroid dienone is 1. The normalized spacial score (nSPS) is 12.0. The van der Waals surface area contributed by atoms with Gasteiger partial charge in [0.25, 0.3) is 5.91 Å². The molecule has 0 aromatic heterocycles. The Balaban J connectivity index is 0. The summed E-state index contributed by atoms with van der Waals surface area (Å²) in [5, 5.41) is -0.548. The standard InChI is InChI=1S/C18H18ClF4NO3S.C2H6.CH5N/c1-5-15(10(3)25)28-16-8-14(13(20)7-12(16)19)24(11(4)26)17(27)6-9(2)18(21,22)23;2*1-2/h6-8,15H,5H2,1-4H3;1-2H3;2H2,1H3/b9-6+;;. The third-order valence-electron chi connectivity index (χ3n) is 3.66. The van der Waals surface area contributed by atoms with E-state index < -0.39 is 40.3 Å². The number of imide groups is 1. The Morgan fingerprint density at radius 2 is 1.66 bits per heavy atom. The van der Waals surface area contributed by atoms with Gasteiger partial charge in [0.15, 0.2) is 0 Å². The van der Waals surface area contributed by atoms with E-state index in [1.54, 1.807) is 6.92 Å². The van der Waals surface area contributed by atoms with Crippen molar-refractivity contribution in [2.75, 3.05) is 11.9 Å². The van der Waals surface area contributed by atoms with E-state index in [2.05, 4.69) is 5.73 Å². The van der Waals surface area contributed by atoms with Crippen LogP contribution in [0.4, 0.5) is 23.2 Å². The monoisotopic (exact) mass is 500 g/mol. The van der Waals surface area contributed by atoms with Crippen molar-refractivity contribution in [3.8, 4) is 0 Å². The largest absolute Gasteiger partial charge is 0.412 e. The molecular formula is C21H29ClF4N2O3S. The first-order valence-electron chi connectivity index (χ1n) is 9.63. The van der Waals surface area contributed by atoms with Gasteiger partial charge in [0.1, 0.15) is 11.6 Å². The molecule has 0 aliphatic rings. The summed E-state index contributed by atoms with van der Waals surface area (Å²) in [6, 6.07) is 1.92. The Morgan fingerprint density at radius 1 is 1.16 bits per heavy atom. The predicted octanol–water partition coefficient (Wildman–Crippen LogP) is 5.93. The second-order valence-corrected chi connectivity index (χ2v) is 7.53. The summed E-state index contributed by atoms with van der Waals surface area (Å²) >= 11 is 7.01. The molecule has 0 radical (unpaired) electrons. The lowest BCUT2D eigenvalue weighted by molar-refractivity contribution is -0.124. The van der Waals surface area contributed by atoms with Crippen molar-refractivity contribution in [3.63, 3.8) is 0 Å². The number of benzene rings is 1. The number of nitrogens with zero attached hydrogens (tertiary/aromatic N) is 1. The smallest absolute Gasteiger partial charge is 0.333 e. The van der Waals surface area contributed by atoms with E-state index in [1.807, 2.05) is 13.8 Å². The van der Waals surface area contributed by atoms with Crippen molar-refractivity contribution in [1.82, 2.24) is 0 Å². The van der Waals surface area contributed by atoms with Crippen LogP contribution in [-0.4, -0.2) is 36.1 Å². The lowest BCUT2D eigenvalue weighted by atomic mass is 10.2. The molecule has 1 atom stereocenters. The van der Waals surface area contributed by atoms with E-state index in [1.165, 1.54) is 14.0 Å². The zero-order valence-corrected chi connectivity index (χ0v) is 20.6. The van der Waals surface area contributed by atoms with Crippen LogP contribution in [-0.2, 0) is 14.4 Å². The summed E-state index contributed by atoms with van der Waals surface area (Å²) in [5.74, 6) is -3.55. The Labute approximate surface area is 195 Å². The second-order valence-electron chi connectivity index (χ2n) is 5.88. The van der Waals surface area contributed by atoms with Gasteiger partial charge in [0.2, 0.25) is 5.91 Å². The van der Waals surface area contributed by atoms with E-state index in [4.69, 9.17) is 11.6 Å². The highest BCUT2D eigenvalue weighted by molar-refractivity contribution is 8.00. The number of hydrogen-bond acceptors (Lipinski definition) is 5. The van der Waals surface area contributed by atoms with Gasteiger partial charge in [-0.15, -0.1) is 11.8 Å². The van der Waals surface area contributed by atoms with Crippen molar-refractivity contribution in [1.29, 1.82) is 0 Å². The van der Waals surface area contributed by atoms with E-state index in [-0.39, 0.29) is 21.8 Å². The second kappa shape index (κ2) is 15.0. The quantitative estimate of drug-likeness (QED) is 0.297. The lowest BCUT2D eigenvalue weighted by Gasteiger charge is -2.21. The van der Waals surface area contributed by atoms with Gasteiger partial charge in [0.05, 0.1) is 16.0 Å². The molecule has 1 aromatic rings. The number of anilines is 1. The van der Waals surface area contributed by atoms with Gasteiger partial charge in [-0.1, -0.05) is 32.4 Å². The molecule has 0 bridgehead atoms. The van der Waals surface area contributed by atoms with Crippen molar-refractivity contribution < 1.29 is 31.9 Å². The fourth-order valence-electron chi connectivity index (χ4n) is 2.16. The Hall–Kier alpha value is -1.91. The lowest BCUT2D eigenvalue weighted by Crippen LogP contribution is -2.35. The number of amides is 2. The third-order valence-corrected chi connectivity index (χ3v) is 5.62. The molecule has 11 heteroatoms. The van der Waals surface area contributed by atoms with Gasteiger partial charge in [-0.25, -0.2) is 9.29 Å². The summed E-state index contributed by atoms with van der Waals surface area (Å²) in [7, 11) is 1.50. The number of ketones is 1. The molecule has 0 aliphatic heterocycles. The minimum Gasteiger partial charge on any atom is -0.333 e. The zero-order valence-electron chi connectivity index (χ0n) is 19.1. The van der Waals surface area contributed by atoms with E-state index >= 15 is 0 Å². The molecule has 1 aromatic carbocycles. The maximum atomic E-state index is 14.4. The van der Waals surface area contributed by atoms with Crippen LogP contribution in [0.25, 0.3) is 0 Å². The third kappa shape index (κ3) is 9.70. The number of thioether (sulfide) groups is 1. The van der Waals surface area contributed by atoms with Crippen LogP contribution >= 0.6 is 23.4 Å². The van der Waals surface area contributed by atoms with Crippen LogP contribution in [0.2, 0.25) is 5.02 Å². The number of nitrogens with two attached hydrogens (primary N) is 1. The number of Topliss-reactive ketones (excluding diaryl/α,β-unsaturated/α-hetero) is 1. The molecule has 32 heavy (non-hydrogen) atoms. The van der Waals surface area contributed by atoms with E-state index in [0.29, 0.717) is 18.2 Å². The fourth-order valence-corrected chi connectivity index (χ4v) is 3.44. The maximum absolute atomic E-state index is 14.4. The summed E-state index contributed by atoms with van der Waals surface area (Å²) in [4.78, 5) is 36.3. The molecule has 0 fully saturated rings. The summed E-state index contributed by atoms with van der Waals surface area (Å²) in [6.45, 7) is 8.71. The van der Waals surface area contributed by atoms with Crippen molar-refractivity contribution in [2.45, 2.75) is 64.3 Å². The molecule has 0 saturated carbocycles. The molecule has 182 valence electrons. The number of hydrogen-bond donors (Lipinski definition) is 1. The Morgan fingerprint density at radius 3 is 2.03 bits per heavy atom.